The second-order valence-electron chi connectivity index (χ2n) is 5.17. The summed E-state index contributed by atoms with van der Waals surface area (Å²) in [4.78, 5) is 0. The summed E-state index contributed by atoms with van der Waals surface area (Å²) in [6, 6.07) is 6.95. The smallest absolute Gasteiger partial charge is 0.204 e. The Kier molecular flexibility index (Phi) is 3.48. The van der Waals surface area contributed by atoms with Gasteiger partial charge in [-0.2, -0.15) is 0 Å². The van der Waals surface area contributed by atoms with E-state index in [0.717, 1.165) is 5.56 Å². The van der Waals surface area contributed by atoms with Gasteiger partial charge in [-0.3, -0.25) is 0 Å². The highest BCUT2D eigenvalue weighted by Crippen LogP contribution is 2.38. The zero-order chi connectivity index (χ0) is 12.5. The van der Waals surface area contributed by atoms with Crippen molar-refractivity contribution in [3.05, 3.63) is 29.8 Å². The van der Waals surface area contributed by atoms with Crippen molar-refractivity contribution in [3.63, 3.8) is 0 Å². The molecule has 0 spiro atoms. The highest BCUT2D eigenvalue weighted by molar-refractivity contribution is 9.09. The summed E-state index contributed by atoms with van der Waals surface area (Å²) < 4.78 is 11.8. The number of hydrogen-bond acceptors (Lipinski definition) is 3. The van der Waals surface area contributed by atoms with E-state index in [2.05, 4.69) is 29.8 Å². The maximum atomic E-state index is 9.30. The normalized spacial score (nSPS) is 22.3. The minimum atomic E-state index is -0.733. The Morgan fingerprint density at radius 3 is 2.18 bits per heavy atom. The van der Waals surface area contributed by atoms with Gasteiger partial charge in [-0.25, -0.2) is 0 Å². The molecule has 1 aliphatic heterocycles. The molecule has 94 valence electrons. The summed E-state index contributed by atoms with van der Waals surface area (Å²) in [5, 5.41) is 9.87. The topological polar surface area (TPSA) is 38.7 Å². The quantitative estimate of drug-likeness (QED) is 0.853. The first-order valence-corrected chi connectivity index (χ1v) is 6.73. The lowest BCUT2D eigenvalue weighted by Gasteiger charge is -2.42. The van der Waals surface area contributed by atoms with Gasteiger partial charge in [-0.05, 0) is 24.3 Å². The standard InChI is InChI=1S/C13H17BrO3/c1-12(2)8-16-13(7-14,17-9-12)10-3-5-11(15)6-4-10/h3-6,15H,7-9H2,1-2H3. The molecular formula is C13H17BrO3. The van der Waals surface area contributed by atoms with Crippen LogP contribution < -0.4 is 0 Å². The molecule has 0 aliphatic carbocycles. The molecule has 3 nitrogen and oxygen atoms in total. The number of benzene rings is 1. The van der Waals surface area contributed by atoms with E-state index in [4.69, 9.17) is 9.47 Å². The highest BCUT2D eigenvalue weighted by Gasteiger charge is 2.41. The highest BCUT2D eigenvalue weighted by atomic mass is 79.9. The third-order valence-electron chi connectivity index (χ3n) is 2.88. The van der Waals surface area contributed by atoms with Crippen molar-refractivity contribution in [1.29, 1.82) is 0 Å². The SMILES string of the molecule is CC1(C)COC(CBr)(c2ccc(O)cc2)OC1. The number of rotatable bonds is 2. The van der Waals surface area contributed by atoms with Gasteiger partial charge in [0.2, 0.25) is 5.79 Å². The van der Waals surface area contributed by atoms with Gasteiger partial charge in [0.05, 0.1) is 18.5 Å². The number of alkyl halides is 1. The molecule has 4 heteroatoms. The molecule has 0 aromatic heterocycles. The Labute approximate surface area is 110 Å². The summed E-state index contributed by atoms with van der Waals surface area (Å²) in [6.45, 7) is 5.53. The van der Waals surface area contributed by atoms with E-state index in [1.807, 2.05) is 12.1 Å². The average molecular weight is 301 g/mol. The lowest BCUT2D eigenvalue weighted by Crippen LogP contribution is -2.46. The van der Waals surface area contributed by atoms with Crippen molar-refractivity contribution in [2.24, 2.45) is 5.41 Å². The third kappa shape index (κ3) is 2.64. The van der Waals surface area contributed by atoms with Gasteiger partial charge in [0.25, 0.3) is 0 Å². The van der Waals surface area contributed by atoms with Crippen LogP contribution in [0.25, 0.3) is 0 Å². The number of hydrogen-bond donors (Lipinski definition) is 1. The summed E-state index contributed by atoms with van der Waals surface area (Å²) >= 11 is 3.45. The lowest BCUT2D eigenvalue weighted by molar-refractivity contribution is -0.294. The second kappa shape index (κ2) is 4.59. The van der Waals surface area contributed by atoms with E-state index in [1.54, 1.807) is 12.1 Å². The van der Waals surface area contributed by atoms with Gasteiger partial charge in [-0.1, -0.05) is 29.8 Å². The minimum absolute atomic E-state index is 0.0442. The molecule has 0 bridgehead atoms. The fraction of sp³-hybridized carbons (Fsp3) is 0.538. The van der Waals surface area contributed by atoms with Crippen LogP contribution in [0.5, 0.6) is 5.75 Å². The van der Waals surface area contributed by atoms with Crippen molar-refractivity contribution in [2.45, 2.75) is 19.6 Å². The van der Waals surface area contributed by atoms with Crippen LogP contribution in [-0.2, 0) is 15.3 Å². The summed E-state index contributed by atoms with van der Waals surface area (Å²) in [5.74, 6) is -0.488. The molecular weight excluding hydrogens is 284 g/mol. The largest absolute Gasteiger partial charge is 0.508 e. The number of aromatic hydroxyl groups is 1. The van der Waals surface area contributed by atoms with Crippen LogP contribution in [-0.4, -0.2) is 23.7 Å². The van der Waals surface area contributed by atoms with E-state index in [1.165, 1.54) is 0 Å². The predicted octanol–water partition coefficient (Wildman–Crippen LogP) is 3.01. The maximum absolute atomic E-state index is 9.30. The van der Waals surface area contributed by atoms with Crippen molar-refractivity contribution in [1.82, 2.24) is 0 Å². The number of ether oxygens (including phenoxy) is 2. The average Bonchev–Trinajstić information content (AvgIpc) is 2.31. The third-order valence-corrected chi connectivity index (χ3v) is 3.61. The molecule has 1 aliphatic rings. The van der Waals surface area contributed by atoms with E-state index in [9.17, 15) is 5.11 Å². The lowest BCUT2D eigenvalue weighted by atomic mass is 9.93. The Hall–Kier alpha value is -0.580. The van der Waals surface area contributed by atoms with Crippen molar-refractivity contribution in [3.8, 4) is 5.75 Å². The summed E-state index contributed by atoms with van der Waals surface area (Å²) in [6.07, 6.45) is 0. The molecule has 1 saturated heterocycles. The molecule has 2 rings (SSSR count). The molecule has 0 unspecified atom stereocenters. The van der Waals surface area contributed by atoms with E-state index >= 15 is 0 Å². The van der Waals surface area contributed by atoms with Crippen molar-refractivity contribution < 1.29 is 14.6 Å². The molecule has 1 aromatic rings. The van der Waals surface area contributed by atoms with Crippen LogP contribution >= 0.6 is 15.9 Å². The maximum Gasteiger partial charge on any atom is 0.204 e. The molecule has 0 saturated carbocycles. The molecule has 1 heterocycles. The molecule has 1 N–H and O–H groups in total. The predicted molar refractivity (Wildman–Crippen MR) is 69.3 cm³/mol. The fourth-order valence-electron chi connectivity index (χ4n) is 1.74. The van der Waals surface area contributed by atoms with Crippen LogP contribution in [0.3, 0.4) is 0 Å². The molecule has 1 fully saturated rings. The molecule has 1 aromatic carbocycles. The van der Waals surface area contributed by atoms with Crippen LogP contribution in [0.4, 0.5) is 0 Å². The monoisotopic (exact) mass is 300 g/mol. The molecule has 17 heavy (non-hydrogen) atoms. The Morgan fingerprint density at radius 2 is 1.71 bits per heavy atom. The number of phenolic OH excluding ortho intramolecular Hbond substituents is 1. The molecule has 0 atom stereocenters. The summed E-state index contributed by atoms with van der Waals surface area (Å²) in [5.41, 5.74) is 0.963. The first-order valence-electron chi connectivity index (χ1n) is 5.61. The number of halogens is 1. The van der Waals surface area contributed by atoms with Gasteiger partial charge in [0.15, 0.2) is 0 Å². The zero-order valence-corrected chi connectivity index (χ0v) is 11.7. The van der Waals surface area contributed by atoms with Crippen molar-refractivity contribution in [2.75, 3.05) is 18.5 Å². The van der Waals surface area contributed by atoms with Crippen LogP contribution in [0, 0.1) is 5.41 Å². The second-order valence-corrected chi connectivity index (χ2v) is 5.74. The van der Waals surface area contributed by atoms with Crippen LogP contribution in [0.1, 0.15) is 19.4 Å². The van der Waals surface area contributed by atoms with Gasteiger partial charge in [-0.15, -0.1) is 0 Å². The van der Waals surface area contributed by atoms with Crippen LogP contribution in [0.15, 0.2) is 24.3 Å². The Balaban J connectivity index is 2.24. The molecule has 0 amide bonds. The van der Waals surface area contributed by atoms with Gasteiger partial charge < -0.3 is 14.6 Å². The first kappa shape index (κ1) is 12.9. The number of phenols is 1. The van der Waals surface area contributed by atoms with Crippen molar-refractivity contribution >= 4 is 15.9 Å². The fourth-order valence-corrected chi connectivity index (χ4v) is 2.39. The Morgan fingerprint density at radius 1 is 1.18 bits per heavy atom. The van der Waals surface area contributed by atoms with E-state index < -0.39 is 5.79 Å². The zero-order valence-electron chi connectivity index (χ0n) is 10.1. The first-order chi connectivity index (χ1) is 7.97. The van der Waals surface area contributed by atoms with Gasteiger partial charge >= 0.3 is 0 Å². The Bertz CT molecular complexity index is 376. The minimum Gasteiger partial charge on any atom is -0.508 e. The summed E-state index contributed by atoms with van der Waals surface area (Å²) in [7, 11) is 0. The van der Waals surface area contributed by atoms with E-state index in [0.29, 0.717) is 18.5 Å². The van der Waals surface area contributed by atoms with Crippen LogP contribution in [0.2, 0.25) is 0 Å². The molecule has 0 radical (unpaired) electrons. The van der Waals surface area contributed by atoms with Gasteiger partial charge in [0.1, 0.15) is 5.75 Å². The van der Waals surface area contributed by atoms with E-state index in [-0.39, 0.29) is 11.2 Å². The van der Waals surface area contributed by atoms with Gasteiger partial charge in [0, 0.05) is 11.0 Å².